The predicted octanol–water partition coefficient (Wildman–Crippen LogP) is 4.23. The molecule has 0 radical (unpaired) electrons. The van der Waals surface area contributed by atoms with Crippen LogP contribution in [0, 0.1) is 5.41 Å². The first-order valence-corrected chi connectivity index (χ1v) is 9.00. The lowest BCUT2D eigenvalue weighted by Crippen LogP contribution is -2.32. The van der Waals surface area contributed by atoms with Gasteiger partial charge in [-0.15, -0.1) is 0 Å². The van der Waals surface area contributed by atoms with E-state index in [9.17, 15) is 27.9 Å². The maximum absolute atomic E-state index is 13.5. The molecule has 1 fully saturated rings. The van der Waals surface area contributed by atoms with Crippen LogP contribution in [0.5, 0.6) is 0 Å². The van der Waals surface area contributed by atoms with E-state index in [1.54, 1.807) is 19.9 Å². The highest BCUT2D eigenvalue weighted by atomic mass is 35.5. The van der Waals surface area contributed by atoms with Crippen molar-refractivity contribution in [2.75, 3.05) is 0 Å². The molecule has 0 atom stereocenters. The van der Waals surface area contributed by atoms with Gasteiger partial charge in [-0.2, -0.15) is 18.3 Å². The Bertz CT molecular complexity index is 986. The average molecular weight is 428 g/mol. The summed E-state index contributed by atoms with van der Waals surface area (Å²) in [5.74, 6) is -2.37. The molecule has 2 aromatic rings. The molecule has 1 N–H and O–H groups in total. The van der Waals surface area contributed by atoms with Gasteiger partial charge in [-0.1, -0.05) is 31.5 Å². The standard InChI is InChI=1S/C19H17ClF3N3O3/c1-18(2)5-12(27)15(13(28)6-18)16(29)11-9-26(25-17(11)19(21,22)23)8-10-3-4-14(20)24-7-10/h3-4,7,9,29H,5-6,8H2,1-2H3. The normalized spacial score (nSPS) is 17.0. The first kappa shape index (κ1) is 21.0. The van der Waals surface area contributed by atoms with Crippen LogP contribution in [0.1, 0.15) is 43.5 Å². The van der Waals surface area contributed by atoms with Crippen molar-refractivity contribution in [3.63, 3.8) is 0 Å². The Kier molecular flexibility index (Phi) is 5.29. The third-order valence-electron chi connectivity index (χ3n) is 4.49. The summed E-state index contributed by atoms with van der Waals surface area (Å²) < 4.78 is 41.4. The Labute approximate surface area is 169 Å². The second-order valence-electron chi connectivity index (χ2n) is 7.66. The molecule has 29 heavy (non-hydrogen) atoms. The molecule has 0 aromatic carbocycles. The number of ketones is 2. The van der Waals surface area contributed by atoms with Gasteiger partial charge in [-0.25, -0.2) is 4.98 Å². The summed E-state index contributed by atoms with van der Waals surface area (Å²) in [7, 11) is 0. The van der Waals surface area contributed by atoms with Crippen LogP contribution >= 0.6 is 11.6 Å². The SMILES string of the molecule is CC1(C)CC(=O)C(=C(O)c2cn(Cc3ccc(Cl)nc3)nc2C(F)(F)F)C(=O)C1. The molecule has 6 nitrogen and oxygen atoms in total. The van der Waals surface area contributed by atoms with Crippen LogP contribution < -0.4 is 0 Å². The van der Waals surface area contributed by atoms with Gasteiger partial charge in [0.05, 0.1) is 12.1 Å². The number of nitrogens with zero attached hydrogens (tertiary/aromatic N) is 3. The van der Waals surface area contributed by atoms with E-state index in [4.69, 9.17) is 11.6 Å². The van der Waals surface area contributed by atoms with Gasteiger partial charge >= 0.3 is 6.18 Å². The van der Waals surface area contributed by atoms with Gasteiger partial charge in [-0.05, 0) is 17.0 Å². The monoisotopic (exact) mass is 427 g/mol. The van der Waals surface area contributed by atoms with E-state index in [0.29, 0.717) is 5.56 Å². The molecule has 0 aliphatic heterocycles. The number of halogens is 4. The number of hydrogen-bond donors (Lipinski definition) is 1. The average Bonchev–Trinajstić information content (AvgIpc) is 2.99. The van der Waals surface area contributed by atoms with Crippen molar-refractivity contribution in [3.05, 3.63) is 52.1 Å². The number of carbonyl (C=O) groups is 2. The number of aromatic nitrogens is 3. The van der Waals surface area contributed by atoms with Crippen LogP contribution in [0.3, 0.4) is 0 Å². The second kappa shape index (κ2) is 7.29. The zero-order chi connectivity index (χ0) is 21.6. The Morgan fingerprint density at radius 1 is 1.24 bits per heavy atom. The van der Waals surface area contributed by atoms with Crippen molar-refractivity contribution in [2.45, 2.75) is 39.4 Å². The number of pyridine rings is 1. The van der Waals surface area contributed by atoms with Crippen molar-refractivity contribution in [2.24, 2.45) is 5.41 Å². The van der Waals surface area contributed by atoms with Crippen LogP contribution in [0.4, 0.5) is 13.2 Å². The summed E-state index contributed by atoms with van der Waals surface area (Å²) in [6.07, 6.45) is -2.66. The zero-order valence-corrected chi connectivity index (χ0v) is 16.3. The van der Waals surface area contributed by atoms with E-state index in [1.165, 1.54) is 12.3 Å². The van der Waals surface area contributed by atoms with Gasteiger partial charge in [0, 0.05) is 25.2 Å². The maximum atomic E-state index is 13.5. The zero-order valence-electron chi connectivity index (χ0n) is 15.5. The predicted molar refractivity (Wildman–Crippen MR) is 98.2 cm³/mol. The smallest absolute Gasteiger partial charge is 0.435 e. The second-order valence-corrected chi connectivity index (χ2v) is 8.05. The summed E-state index contributed by atoms with van der Waals surface area (Å²) in [6, 6.07) is 3.05. The van der Waals surface area contributed by atoms with E-state index < -0.39 is 45.7 Å². The topological polar surface area (TPSA) is 85.1 Å². The largest absolute Gasteiger partial charge is 0.506 e. The molecule has 1 aliphatic rings. The molecule has 0 amide bonds. The lowest BCUT2D eigenvalue weighted by atomic mass is 9.73. The minimum atomic E-state index is -4.90. The molecule has 0 saturated heterocycles. The molecule has 1 saturated carbocycles. The molecule has 0 bridgehead atoms. The minimum Gasteiger partial charge on any atom is -0.506 e. The highest BCUT2D eigenvalue weighted by Gasteiger charge is 2.42. The van der Waals surface area contributed by atoms with Gasteiger partial charge in [0.2, 0.25) is 0 Å². The van der Waals surface area contributed by atoms with Gasteiger partial charge in [0.25, 0.3) is 0 Å². The highest BCUT2D eigenvalue weighted by molar-refractivity contribution is 6.29. The number of Topliss-reactive ketones (excluding diaryl/α,β-unsaturated/α-hetero) is 2. The molecule has 1 aliphatic carbocycles. The van der Waals surface area contributed by atoms with Crippen LogP contribution in [0.2, 0.25) is 5.15 Å². The number of hydrogen-bond acceptors (Lipinski definition) is 5. The maximum Gasteiger partial charge on any atom is 0.435 e. The summed E-state index contributed by atoms with van der Waals surface area (Å²) in [5, 5.41) is 14.2. The fourth-order valence-electron chi connectivity index (χ4n) is 3.23. The molecular formula is C19H17ClF3N3O3. The third-order valence-corrected chi connectivity index (χ3v) is 4.71. The van der Waals surface area contributed by atoms with Crippen molar-refractivity contribution in [3.8, 4) is 0 Å². The molecule has 0 unspecified atom stereocenters. The number of aliphatic hydroxyl groups is 1. The highest BCUT2D eigenvalue weighted by Crippen LogP contribution is 2.39. The summed E-state index contributed by atoms with van der Waals surface area (Å²) in [6.45, 7) is 3.33. The molecule has 3 rings (SSSR count). The molecule has 2 heterocycles. The van der Waals surface area contributed by atoms with Crippen molar-refractivity contribution in [1.29, 1.82) is 0 Å². The quantitative estimate of drug-likeness (QED) is 0.343. The lowest BCUT2D eigenvalue weighted by molar-refractivity contribution is -0.142. The van der Waals surface area contributed by atoms with Gasteiger partial charge in [-0.3, -0.25) is 14.3 Å². The molecule has 154 valence electrons. The van der Waals surface area contributed by atoms with E-state index in [-0.39, 0.29) is 24.5 Å². The van der Waals surface area contributed by atoms with Crippen molar-refractivity contribution >= 4 is 28.9 Å². The van der Waals surface area contributed by atoms with Crippen LogP contribution in [0.15, 0.2) is 30.1 Å². The number of aliphatic hydroxyl groups excluding tert-OH is 1. The summed E-state index contributed by atoms with van der Waals surface area (Å²) in [4.78, 5) is 28.6. The molecule has 2 aromatic heterocycles. The third kappa shape index (κ3) is 4.50. The lowest BCUT2D eigenvalue weighted by Gasteiger charge is -2.28. The van der Waals surface area contributed by atoms with Crippen LogP contribution in [0.25, 0.3) is 5.76 Å². The van der Waals surface area contributed by atoms with E-state index in [0.717, 1.165) is 10.9 Å². The number of rotatable bonds is 3. The first-order chi connectivity index (χ1) is 13.4. The first-order valence-electron chi connectivity index (χ1n) is 8.62. The summed E-state index contributed by atoms with van der Waals surface area (Å²) >= 11 is 5.69. The van der Waals surface area contributed by atoms with Gasteiger partial charge < -0.3 is 5.11 Å². The van der Waals surface area contributed by atoms with Crippen molar-refractivity contribution < 1.29 is 27.9 Å². The van der Waals surface area contributed by atoms with E-state index in [1.807, 2.05) is 0 Å². The Morgan fingerprint density at radius 2 is 1.86 bits per heavy atom. The Balaban J connectivity index is 2.05. The van der Waals surface area contributed by atoms with Crippen molar-refractivity contribution in [1.82, 2.24) is 14.8 Å². The number of allylic oxidation sites excluding steroid dienone is 1. The fraction of sp³-hybridized carbons (Fsp3) is 0.368. The van der Waals surface area contributed by atoms with E-state index >= 15 is 0 Å². The van der Waals surface area contributed by atoms with Gasteiger partial charge in [0.15, 0.2) is 17.3 Å². The van der Waals surface area contributed by atoms with Crippen LogP contribution in [-0.4, -0.2) is 31.4 Å². The molecule has 0 spiro atoms. The fourth-order valence-corrected chi connectivity index (χ4v) is 3.35. The minimum absolute atomic E-state index is 0.0515. The van der Waals surface area contributed by atoms with Crippen LogP contribution in [-0.2, 0) is 22.3 Å². The molecular weight excluding hydrogens is 411 g/mol. The number of carbonyl (C=O) groups excluding carboxylic acids is 2. The number of alkyl halides is 3. The van der Waals surface area contributed by atoms with E-state index in [2.05, 4.69) is 10.1 Å². The Hall–Kier alpha value is -2.68. The molecule has 10 heteroatoms. The summed E-state index contributed by atoms with van der Waals surface area (Å²) in [5.41, 5.74) is -2.79. The van der Waals surface area contributed by atoms with Gasteiger partial charge in [0.1, 0.15) is 16.5 Å². The Morgan fingerprint density at radius 3 is 2.38 bits per heavy atom.